The lowest BCUT2D eigenvalue weighted by Crippen LogP contribution is -2.24. The van der Waals surface area contributed by atoms with Crippen LogP contribution in [0.2, 0.25) is 0 Å². The van der Waals surface area contributed by atoms with E-state index >= 15 is 0 Å². The maximum absolute atomic E-state index is 12.6. The molecule has 0 aromatic heterocycles. The van der Waals surface area contributed by atoms with Crippen LogP contribution in [0.25, 0.3) is 5.57 Å². The minimum absolute atomic E-state index is 0.180. The Morgan fingerprint density at radius 2 is 1.70 bits per heavy atom. The number of aryl methyl sites for hydroxylation is 2. The van der Waals surface area contributed by atoms with Gasteiger partial charge in [-0.25, -0.2) is 0 Å². The van der Waals surface area contributed by atoms with Crippen LogP contribution >= 0.6 is 0 Å². The minimum Gasteiger partial charge on any atom is -0.391 e. The number of allylic oxidation sites excluding steroid dienone is 2. The highest BCUT2D eigenvalue weighted by Gasteiger charge is 2.08. The van der Waals surface area contributed by atoms with Crippen molar-refractivity contribution in [1.82, 2.24) is 10.6 Å². The van der Waals surface area contributed by atoms with Crippen LogP contribution in [0, 0.1) is 13.8 Å². The van der Waals surface area contributed by atoms with Crippen LogP contribution < -0.4 is 10.6 Å². The molecule has 174 valence electrons. The van der Waals surface area contributed by atoms with E-state index in [0.29, 0.717) is 18.5 Å². The van der Waals surface area contributed by atoms with Crippen molar-refractivity contribution in [2.24, 2.45) is 4.99 Å². The summed E-state index contributed by atoms with van der Waals surface area (Å²) in [5.74, 6) is -0.180. The Morgan fingerprint density at radius 3 is 2.27 bits per heavy atom. The number of hydrogen-bond acceptors (Lipinski definition) is 3. The summed E-state index contributed by atoms with van der Waals surface area (Å²) in [4.78, 5) is 17.3. The highest BCUT2D eigenvalue weighted by atomic mass is 16.1. The molecule has 4 nitrogen and oxygen atoms in total. The average Bonchev–Trinajstić information content (AvgIpc) is 2.78. The van der Waals surface area contributed by atoms with Gasteiger partial charge in [-0.05, 0) is 74.1 Å². The average molecular weight is 444 g/mol. The number of nitrogens with zero attached hydrogens (tertiary/aromatic N) is 1. The van der Waals surface area contributed by atoms with E-state index in [1.54, 1.807) is 0 Å². The predicted octanol–water partition coefficient (Wildman–Crippen LogP) is 6.36. The fourth-order valence-electron chi connectivity index (χ4n) is 3.56. The maximum atomic E-state index is 12.6. The summed E-state index contributed by atoms with van der Waals surface area (Å²) in [7, 11) is 1.86. The number of nitrogens with one attached hydrogen (secondary N) is 2. The van der Waals surface area contributed by atoms with Crippen molar-refractivity contribution in [3.63, 3.8) is 0 Å². The Balaban J connectivity index is 2.03. The summed E-state index contributed by atoms with van der Waals surface area (Å²) in [6.07, 6.45) is 3.44. The topological polar surface area (TPSA) is 53.5 Å². The van der Waals surface area contributed by atoms with E-state index in [1.807, 2.05) is 33.0 Å². The highest BCUT2D eigenvalue weighted by molar-refractivity contribution is 5.95. The normalized spacial score (nSPS) is 11.8. The number of carbonyl (C=O) groups excluding carboxylic acids is 1. The molecular weight excluding hydrogens is 406 g/mol. The van der Waals surface area contributed by atoms with Gasteiger partial charge in [-0.15, -0.1) is 0 Å². The highest BCUT2D eigenvalue weighted by Crippen LogP contribution is 2.22. The summed E-state index contributed by atoms with van der Waals surface area (Å²) in [6.45, 7) is 18.7. The monoisotopic (exact) mass is 443 g/mol. The quantitative estimate of drug-likeness (QED) is 0.255. The molecule has 0 saturated heterocycles. The number of hydrogen-bond donors (Lipinski definition) is 2. The summed E-state index contributed by atoms with van der Waals surface area (Å²) in [6, 6.07) is 12.4. The van der Waals surface area contributed by atoms with Gasteiger partial charge in [0, 0.05) is 37.0 Å². The van der Waals surface area contributed by atoms with Crippen LogP contribution in [-0.4, -0.2) is 18.7 Å². The molecular formula is C29H37N3O. The molecule has 0 aliphatic heterocycles. The molecule has 33 heavy (non-hydrogen) atoms. The molecule has 0 fully saturated rings. The maximum Gasteiger partial charge on any atom is 0.251 e. The Bertz CT molecular complexity index is 1110. The summed E-state index contributed by atoms with van der Waals surface area (Å²) >= 11 is 0. The van der Waals surface area contributed by atoms with Crippen molar-refractivity contribution in [2.45, 2.75) is 54.0 Å². The lowest BCUT2D eigenvalue weighted by Gasteiger charge is -2.12. The smallest absolute Gasteiger partial charge is 0.251 e. The number of likely N-dealkylation sites (N-methyl/N-ethyl adjacent to an activating group) is 1. The van der Waals surface area contributed by atoms with Crippen LogP contribution in [0.15, 0.2) is 71.9 Å². The third kappa shape index (κ3) is 7.60. The SMILES string of the molecule is C=C(/C=C(/Cc1ccc(/N=C(\C)CC)c(C)c1)NC)C(=O)NCc1ccc(C(=C)C)c(C)c1. The van der Waals surface area contributed by atoms with Gasteiger partial charge in [-0.3, -0.25) is 9.79 Å². The molecule has 0 bridgehead atoms. The number of aliphatic imine (C=N–C) groups is 1. The lowest BCUT2D eigenvalue weighted by molar-refractivity contribution is -0.117. The van der Waals surface area contributed by atoms with Crippen molar-refractivity contribution in [3.05, 3.63) is 94.7 Å². The Morgan fingerprint density at radius 1 is 1.03 bits per heavy atom. The van der Waals surface area contributed by atoms with Crippen molar-refractivity contribution in [1.29, 1.82) is 0 Å². The van der Waals surface area contributed by atoms with Crippen LogP contribution in [-0.2, 0) is 17.8 Å². The van der Waals surface area contributed by atoms with Crippen LogP contribution in [0.1, 0.15) is 55.0 Å². The number of rotatable bonds is 10. The number of carbonyl (C=O) groups is 1. The van der Waals surface area contributed by atoms with E-state index < -0.39 is 0 Å². The first kappa shape index (κ1) is 25.9. The van der Waals surface area contributed by atoms with Gasteiger partial charge in [0.2, 0.25) is 0 Å². The van der Waals surface area contributed by atoms with Gasteiger partial charge in [0.1, 0.15) is 0 Å². The number of benzene rings is 2. The van der Waals surface area contributed by atoms with E-state index in [2.05, 4.69) is 79.9 Å². The van der Waals surface area contributed by atoms with E-state index in [0.717, 1.165) is 56.9 Å². The minimum atomic E-state index is -0.180. The summed E-state index contributed by atoms with van der Waals surface area (Å²) in [5.41, 5.74) is 10.2. The Kier molecular flexibility index (Phi) is 9.41. The third-order valence-corrected chi connectivity index (χ3v) is 5.64. The molecule has 2 aromatic rings. The molecule has 2 N–H and O–H groups in total. The van der Waals surface area contributed by atoms with Gasteiger partial charge in [0.05, 0.1) is 5.69 Å². The molecule has 0 heterocycles. The van der Waals surface area contributed by atoms with Gasteiger partial charge in [0.15, 0.2) is 0 Å². The van der Waals surface area contributed by atoms with E-state index in [-0.39, 0.29) is 5.91 Å². The fourth-order valence-corrected chi connectivity index (χ4v) is 3.56. The molecule has 4 heteroatoms. The second-order valence-electron chi connectivity index (χ2n) is 8.56. The first-order valence-electron chi connectivity index (χ1n) is 11.4. The molecule has 0 aliphatic carbocycles. The molecule has 0 aliphatic rings. The predicted molar refractivity (Wildman–Crippen MR) is 142 cm³/mol. The Hall–Kier alpha value is -3.40. The lowest BCUT2D eigenvalue weighted by atomic mass is 10.0. The molecule has 2 aromatic carbocycles. The van der Waals surface area contributed by atoms with Crippen molar-refractivity contribution < 1.29 is 4.79 Å². The first-order chi connectivity index (χ1) is 15.6. The second-order valence-corrected chi connectivity index (χ2v) is 8.56. The van der Waals surface area contributed by atoms with Gasteiger partial charge < -0.3 is 10.6 Å². The van der Waals surface area contributed by atoms with Crippen LogP contribution in [0.4, 0.5) is 5.69 Å². The molecule has 0 atom stereocenters. The van der Waals surface area contributed by atoms with E-state index in [9.17, 15) is 4.79 Å². The number of amides is 1. The zero-order valence-corrected chi connectivity index (χ0v) is 20.9. The second kappa shape index (κ2) is 12.0. The third-order valence-electron chi connectivity index (χ3n) is 5.64. The molecule has 0 saturated carbocycles. The molecule has 2 rings (SSSR count). The van der Waals surface area contributed by atoms with Gasteiger partial charge in [0.25, 0.3) is 5.91 Å². The zero-order valence-electron chi connectivity index (χ0n) is 20.9. The molecule has 0 spiro atoms. The van der Waals surface area contributed by atoms with E-state index in [4.69, 9.17) is 0 Å². The van der Waals surface area contributed by atoms with Gasteiger partial charge >= 0.3 is 0 Å². The van der Waals surface area contributed by atoms with Crippen LogP contribution in [0.3, 0.4) is 0 Å². The van der Waals surface area contributed by atoms with Crippen molar-refractivity contribution >= 4 is 22.9 Å². The van der Waals surface area contributed by atoms with Crippen molar-refractivity contribution in [3.8, 4) is 0 Å². The molecule has 1 amide bonds. The Labute approximate surface area is 199 Å². The summed E-state index contributed by atoms with van der Waals surface area (Å²) < 4.78 is 0. The van der Waals surface area contributed by atoms with Gasteiger partial charge in [-0.2, -0.15) is 0 Å². The molecule has 0 radical (unpaired) electrons. The van der Waals surface area contributed by atoms with Gasteiger partial charge in [-0.1, -0.05) is 56.0 Å². The largest absolute Gasteiger partial charge is 0.391 e. The first-order valence-corrected chi connectivity index (χ1v) is 11.4. The van der Waals surface area contributed by atoms with Crippen molar-refractivity contribution in [2.75, 3.05) is 7.05 Å². The summed E-state index contributed by atoms with van der Waals surface area (Å²) in [5, 5.41) is 6.15. The fraction of sp³-hybridized carbons (Fsp3) is 0.310. The zero-order chi connectivity index (χ0) is 24.5. The van der Waals surface area contributed by atoms with Crippen LogP contribution in [0.5, 0.6) is 0 Å². The molecule has 0 unspecified atom stereocenters. The standard InChI is InChI=1S/C29H37N3O/c1-9-23(7)32-28-13-11-24(15-21(28)5)17-26(30-8)16-22(6)29(33)31-18-25-10-12-27(19(2)3)20(4)14-25/h10-16,30H,2,6,9,17-18H2,1,3-5,7-8H3,(H,31,33)/b26-16-,32-23+. The van der Waals surface area contributed by atoms with E-state index in [1.165, 1.54) is 0 Å².